The Labute approximate surface area is 73.3 Å². The van der Waals surface area contributed by atoms with E-state index in [9.17, 15) is 10.1 Å². The second-order valence-electron chi connectivity index (χ2n) is 3.76. The van der Waals surface area contributed by atoms with Crippen LogP contribution in [0.15, 0.2) is 0 Å². The zero-order chi connectivity index (χ0) is 8.97. The van der Waals surface area contributed by atoms with Crippen molar-refractivity contribution in [2.75, 3.05) is 6.54 Å². The molecule has 0 aromatic rings. The molecule has 3 heteroatoms. The van der Waals surface area contributed by atoms with Crippen LogP contribution in [0.25, 0.3) is 0 Å². The third kappa shape index (κ3) is 2.47. The second-order valence-corrected chi connectivity index (χ2v) is 3.76. The molecule has 1 saturated carbocycles. The van der Waals surface area contributed by atoms with Gasteiger partial charge in [0.25, 0.3) is 0 Å². The lowest BCUT2D eigenvalue weighted by molar-refractivity contribution is -0.491. The zero-order valence-corrected chi connectivity index (χ0v) is 7.66. The average Bonchev–Trinajstić information content (AvgIpc) is 1.81. The molecular weight excluding hydrogens is 154 g/mol. The summed E-state index contributed by atoms with van der Waals surface area (Å²) in [6, 6.07) is 0. The predicted octanol–water partition coefficient (Wildman–Crippen LogP) is 2.48. The minimum absolute atomic E-state index is 0.154. The van der Waals surface area contributed by atoms with Crippen LogP contribution in [-0.2, 0) is 0 Å². The van der Waals surface area contributed by atoms with Crippen molar-refractivity contribution in [1.29, 1.82) is 0 Å². The predicted molar refractivity (Wildman–Crippen MR) is 47.6 cm³/mol. The van der Waals surface area contributed by atoms with Gasteiger partial charge in [-0.1, -0.05) is 19.8 Å². The van der Waals surface area contributed by atoms with Crippen LogP contribution in [0.4, 0.5) is 0 Å². The molecule has 1 unspecified atom stereocenters. The van der Waals surface area contributed by atoms with Crippen molar-refractivity contribution in [3.8, 4) is 0 Å². The van der Waals surface area contributed by atoms with Crippen LogP contribution in [0.3, 0.4) is 0 Å². The highest BCUT2D eigenvalue weighted by Crippen LogP contribution is 2.35. The molecule has 0 heterocycles. The van der Waals surface area contributed by atoms with E-state index in [2.05, 4.69) is 6.92 Å². The van der Waals surface area contributed by atoms with Crippen molar-refractivity contribution >= 4 is 0 Å². The van der Waals surface area contributed by atoms with E-state index in [0.29, 0.717) is 11.8 Å². The molecule has 0 aromatic heterocycles. The Morgan fingerprint density at radius 2 is 2.25 bits per heavy atom. The molecule has 1 atom stereocenters. The molecule has 1 fully saturated rings. The molecular formula is C9H17NO2. The summed E-state index contributed by atoms with van der Waals surface area (Å²) in [7, 11) is 0. The summed E-state index contributed by atoms with van der Waals surface area (Å²) in [5.74, 6) is 1.02. The minimum Gasteiger partial charge on any atom is -0.265 e. The lowest BCUT2D eigenvalue weighted by Crippen LogP contribution is -2.27. The molecule has 0 amide bonds. The van der Waals surface area contributed by atoms with Crippen LogP contribution in [0.5, 0.6) is 0 Å². The summed E-state index contributed by atoms with van der Waals surface area (Å²) < 4.78 is 0. The van der Waals surface area contributed by atoms with Gasteiger partial charge in [0, 0.05) is 10.8 Å². The van der Waals surface area contributed by atoms with Crippen LogP contribution < -0.4 is 0 Å². The Bertz CT molecular complexity index is 155. The first kappa shape index (κ1) is 9.49. The first-order valence-electron chi connectivity index (χ1n) is 4.85. The SMILES string of the molecule is CCCC(C[N+](=O)[O-])C1CCC1. The monoisotopic (exact) mass is 171 g/mol. The van der Waals surface area contributed by atoms with E-state index in [1.54, 1.807) is 0 Å². The van der Waals surface area contributed by atoms with Gasteiger partial charge in [-0.15, -0.1) is 0 Å². The highest BCUT2D eigenvalue weighted by atomic mass is 16.6. The number of nitro groups is 1. The van der Waals surface area contributed by atoms with Gasteiger partial charge >= 0.3 is 0 Å². The third-order valence-electron chi connectivity index (χ3n) is 2.86. The summed E-state index contributed by atoms with van der Waals surface area (Å²) in [5.41, 5.74) is 0. The third-order valence-corrected chi connectivity index (χ3v) is 2.86. The van der Waals surface area contributed by atoms with E-state index in [0.717, 1.165) is 12.8 Å². The van der Waals surface area contributed by atoms with Crippen molar-refractivity contribution in [3.63, 3.8) is 0 Å². The normalized spacial score (nSPS) is 20.1. The van der Waals surface area contributed by atoms with Crippen LogP contribution in [0, 0.1) is 22.0 Å². The molecule has 0 radical (unpaired) electrons. The fourth-order valence-electron chi connectivity index (χ4n) is 1.95. The molecule has 1 aliphatic rings. The van der Waals surface area contributed by atoms with E-state index >= 15 is 0 Å². The fourth-order valence-corrected chi connectivity index (χ4v) is 1.95. The second kappa shape index (κ2) is 4.43. The van der Waals surface area contributed by atoms with Crippen molar-refractivity contribution in [2.24, 2.45) is 11.8 Å². The van der Waals surface area contributed by atoms with Gasteiger partial charge in [0.1, 0.15) is 0 Å². The molecule has 0 spiro atoms. The fraction of sp³-hybridized carbons (Fsp3) is 1.00. The van der Waals surface area contributed by atoms with Gasteiger partial charge in [0.05, 0.1) is 0 Å². The van der Waals surface area contributed by atoms with E-state index < -0.39 is 0 Å². The molecule has 1 rings (SSSR count). The Morgan fingerprint density at radius 3 is 2.58 bits per heavy atom. The standard InChI is InChI=1S/C9H17NO2/c1-2-4-9(7-10(11)12)8-5-3-6-8/h8-9H,2-7H2,1H3. The molecule has 0 saturated heterocycles. The van der Waals surface area contributed by atoms with E-state index in [-0.39, 0.29) is 11.5 Å². The summed E-state index contributed by atoms with van der Waals surface area (Å²) in [6.07, 6.45) is 5.83. The van der Waals surface area contributed by atoms with E-state index in [1.165, 1.54) is 19.3 Å². The smallest absolute Gasteiger partial charge is 0.206 e. The number of hydrogen-bond acceptors (Lipinski definition) is 2. The summed E-state index contributed by atoms with van der Waals surface area (Å²) in [5, 5.41) is 10.3. The van der Waals surface area contributed by atoms with Gasteiger partial charge in [-0.2, -0.15) is 0 Å². The zero-order valence-electron chi connectivity index (χ0n) is 7.66. The molecule has 0 aliphatic heterocycles. The maximum absolute atomic E-state index is 10.3. The van der Waals surface area contributed by atoms with Crippen molar-refractivity contribution in [1.82, 2.24) is 0 Å². The quantitative estimate of drug-likeness (QED) is 0.471. The van der Waals surface area contributed by atoms with E-state index in [4.69, 9.17) is 0 Å². The number of hydrogen-bond donors (Lipinski definition) is 0. The molecule has 0 aromatic carbocycles. The van der Waals surface area contributed by atoms with Crippen LogP contribution >= 0.6 is 0 Å². The summed E-state index contributed by atoms with van der Waals surface area (Å²) in [4.78, 5) is 10.2. The lowest BCUT2D eigenvalue weighted by atomic mass is 9.74. The van der Waals surface area contributed by atoms with Crippen molar-refractivity contribution in [2.45, 2.75) is 39.0 Å². The molecule has 3 nitrogen and oxygen atoms in total. The van der Waals surface area contributed by atoms with Gasteiger partial charge in [0.2, 0.25) is 6.54 Å². The van der Waals surface area contributed by atoms with Crippen molar-refractivity contribution in [3.05, 3.63) is 10.1 Å². The van der Waals surface area contributed by atoms with Crippen LogP contribution in [0.2, 0.25) is 0 Å². The Balaban J connectivity index is 2.31. The molecule has 70 valence electrons. The topological polar surface area (TPSA) is 43.1 Å². The molecule has 1 aliphatic carbocycles. The number of nitrogens with zero attached hydrogens (tertiary/aromatic N) is 1. The first-order chi connectivity index (χ1) is 5.74. The number of rotatable bonds is 5. The minimum atomic E-state index is -0.154. The Morgan fingerprint density at radius 1 is 1.58 bits per heavy atom. The van der Waals surface area contributed by atoms with Gasteiger partial charge in [-0.05, 0) is 25.2 Å². The van der Waals surface area contributed by atoms with Crippen LogP contribution in [-0.4, -0.2) is 11.5 Å². The van der Waals surface area contributed by atoms with Gasteiger partial charge in [0.15, 0.2) is 0 Å². The van der Waals surface area contributed by atoms with Gasteiger partial charge < -0.3 is 0 Å². The summed E-state index contributed by atoms with van der Waals surface area (Å²) in [6.45, 7) is 2.30. The van der Waals surface area contributed by atoms with E-state index in [1.807, 2.05) is 0 Å². The molecule has 12 heavy (non-hydrogen) atoms. The molecule has 0 N–H and O–H groups in total. The Hall–Kier alpha value is -0.600. The van der Waals surface area contributed by atoms with Gasteiger partial charge in [-0.25, -0.2) is 0 Å². The maximum Gasteiger partial charge on any atom is 0.206 e. The maximum atomic E-state index is 10.3. The summed E-state index contributed by atoms with van der Waals surface area (Å²) >= 11 is 0. The highest BCUT2D eigenvalue weighted by molar-refractivity contribution is 4.76. The Kier molecular flexibility index (Phi) is 3.50. The largest absolute Gasteiger partial charge is 0.265 e. The molecule has 0 bridgehead atoms. The first-order valence-corrected chi connectivity index (χ1v) is 4.85. The average molecular weight is 171 g/mol. The van der Waals surface area contributed by atoms with Gasteiger partial charge in [-0.3, -0.25) is 10.1 Å². The van der Waals surface area contributed by atoms with Crippen molar-refractivity contribution < 1.29 is 4.92 Å². The lowest BCUT2D eigenvalue weighted by Gasteiger charge is -2.31. The highest BCUT2D eigenvalue weighted by Gasteiger charge is 2.29. The van der Waals surface area contributed by atoms with Crippen LogP contribution in [0.1, 0.15) is 39.0 Å².